The third kappa shape index (κ3) is 1.89. The van der Waals surface area contributed by atoms with E-state index in [9.17, 15) is 9.59 Å². The van der Waals surface area contributed by atoms with Crippen molar-refractivity contribution < 1.29 is 9.53 Å². The molecule has 21 heavy (non-hydrogen) atoms. The summed E-state index contributed by atoms with van der Waals surface area (Å²) in [7, 11) is 0. The molecule has 1 atom stereocenters. The van der Waals surface area contributed by atoms with Crippen molar-refractivity contribution in [1.82, 2.24) is 4.98 Å². The largest absolute Gasteiger partial charge is 0.425 e. The van der Waals surface area contributed by atoms with Crippen molar-refractivity contribution in [2.45, 2.75) is 12.3 Å². The van der Waals surface area contributed by atoms with Crippen molar-refractivity contribution in [3.8, 4) is 5.75 Å². The average molecular weight is 297 g/mol. The van der Waals surface area contributed by atoms with Crippen LogP contribution in [0.4, 0.5) is 0 Å². The molecular formula is C16H11NO3S. The molecule has 0 saturated heterocycles. The molecule has 104 valence electrons. The molecule has 0 fully saturated rings. The monoisotopic (exact) mass is 297 g/mol. The van der Waals surface area contributed by atoms with Gasteiger partial charge in [0.05, 0.1) is 17.5 Å². The van der Waals surface area contributed by atoms with E-state index in [0.717, 1.165) is 10.3 Å². The number of carbonyl (C=O) groups is 1. The summed E-state index contributed by atoms with van der Waals surface area (Å²) in [6, 6.07) is 11.2. The fraction of sp³-hybridized carbons (Fsp3) is 0.125. The van der Waals surface area contributed by atoms with E-state index in [1.54, 1.807) is 17.4 Å². The number of para-hydroxylation sites is 1. The number of fused-ring (bicyclic) bond motifs is 3. The molecule has 4 nitrogen and oxygen atoms in total. The Hall–Kier alpha value is -2.40. The van der Waals surface area contributed by atoms with Crippen LogP contribution >= 0.6 is 11.3 Å². The first kappa shape index (κ1) is 12.3. The molecule has 1 aliphatic rings. The van der Waals surface area contributed by atoms with Crippen molar-refractivity contribution >= 4 is 28.2 Å². The smallest absolute Gasteiger partial charge is 0.312 e. The summed E-state index contributed by atoms with van der Waals surface area (Å²) in [5.41, 5.74) is 1.05. The number of hydrogen-bond donors (Lipinski definition) is 1. The summed E-state index contributed by atoms with van der Waals surface area (Å²) in [6.45, 7) is 0. The number of ether oxygens (including phenoxy) is 1. The second-order valence-electron chi connectivity index (χ2n) is 4.99. The van der Waals surface area contributed by atoms with Gasteiger partial charge in [0.25, 0.3) is 5.56 Å². The SMILES string of the molecule is O=C1CC(c2cccs2)c2c(c3ccccc3[nH]c2=O)O1. The Kier molecular flexibility index (Phi) is 2.68. The van der Waals surface area contributed by atoms with Crippen LogP contribution in [0.5, 0.6) is 5.75 Å². The quantitative estimate of drug-likeness (QED) is 0.702. The maximum absolute atomic E-state index is 12.4. The lowest BCUT2D eigenvalue weighted by Crippen LogP contribution is -2.27. The molecule has 1 unspecified atom stereocenters. The molecule has 0 aliphatic carbocycles. The normalized spacial score (nSPS) is 17.5. The van der Waals surface area contributed by atoms with Crippen molar-refractivity contribution in [1.29, 1.82) is 0 Å². The number of H-pyrrole nitrogens is 1. The molecule has 0 amide bonds. The molecule has 3 heterocycles. The zero-order chi connectivity index (χ0) is 14.4. The van der Waals surface area contributed by atoms with Gasteiger partial charge in [0.15, 0.2) is 0 Å². The highest BCUT2D eigenvalue weighted by atomic mass is 32.1. The van der Waals surface area contributed by atoms with E-state index in [1.165, 1.54) is 0 Å². The van der Waals surface area contributed by atoms with Crippen LogP contribution in [0.2, 0.25) is 0 Å². The van der Waals surface area contributed by atoms with E-state index in [2.05, 4.69) is 4.98 Å². The van der Waals surface area contributed by atoms with Crippen LogP contribution in [0.25, 0.3) is 10.9 Å². The molecule has 2 aromatic heterocycles. The van der Waals surface area contributed by atoms with Gasteiger partial charge in [-0.2, -0.15) is 0 Å². The predicted octanol–water partition coefficient (Wildman–Crippen LogP) is 3.03. The van der Waals surface area contributed by atoms with Crippen molar-refractivity contribution in [2.24, 2.45) is 0 Å². The van der Waals surface area contributed by atoms with E-state index in [1.807, 2.05) is 35.7 Å². The van der Waals surface area contributed by atoms with E-state index in [0.29, 0.717) is 16.8 Å². The Morgan fingerprint density at radius 1 is 1.14 bits per heavy atom. The Balaban J connectivity index is 2.06. The molecule has 1 N–H and O–H groups in total. The number of rotatable bonds is 1. The van der Waals surface area contributed by atoms with Gasteiger partial charge >= 0.3 is 5.97 Å². The van der Waals surface area contributed by atoms with Crippen LogP contribution in [0.15, 0.2) is 46.6 Å². The fourth-order valence-corrected chi connectivity index (χ4v) is 3.65. The molecule has 3 aromatic rings. The first-order valence-corrected chi connectivity index (χ1v) is 7.51. The van der Waals surface area contributed by atoms with E-state index in [-0.39, 0.29) is 23.9 Å². The van der Waals surface area contributed by atoms with Gasteiger partial charge in [0.1, 0.15) is 5.75 Å². The molecule has 1 aliphatic heterocycles. The number of nitrogens with one attached hydrogen (secondary N) is 1. The second kappa shape index (κ2) is 4.56. The summed E-state index contributed by atoms with van der Waals surface area (Å²) in [5.74, 6) is -0.116. The lowest BCUT2D eigenvalue weighted by molar-refractivity contribution is -0.135. The zero-order valence-corrected chi connectivity index (χ0v) is 11.8. The Bertz CT molecular complexity index is 896. The molecule has 4 rings (SSSR count). The lowest BCUT2D eigenvalue weighted by Gasteiger charge is -2.23. The maximum Gasteiger partial charge on any atom is 0.312 e. The van der Waals surface area contributed by atoms with Gasteiger partial charge in [-0.15, -0.1) is 11.3 Å². The highest BCUT2D eigenvalue weighted by molar-refractivity contribution is 7.10. The number of hydrogen-bond acceptors (Lipinski definition) is 4. The third-order valence-corrected chi connectivity index (χ3v) is 4.72. The number of aromatic nitrogens is 1. The number of aromatic amines is 1. The molecule has 0 radical (unpaired) electrons. The minimum absolute atomic E-state index is 0.186. The van der Waals surface area contributed by atoms with Gasteiger partial charge in [-0.25, -0.2) is 0 Å². The van der Waals surface area contributed by atoms with Gasteiger partial charge in [0.2, 0.25) is 0 Å². The summed E-state index contributed by atoms with van der Waals surface area (Å²) >= 11 is 1.55. The number of pyridine rings is 1. The summed E-state index contributed by atoms with van der Waals surface area (Å²) in [4.78, 5) is 28.3. The van der Waals surface area contributed by atoms with Gasteiger partial charge in [-0.1, -0.05) is 18.2 Å². The van der Waals surface area contributed by atoms with E-state index < -0.39 is 0 Å². The van der Waals surface area contributed by atoms with Crippen LogP contribution in [0.3, 0.4) is 0 Å². The molecule has 1 aromatic carbocycles. The molecule has 0 spiro atoms. The Morgan fingerprint density at radius 3 is 2.81 bits per heavy atom. The highest BCUT2D eigenvalue weighted by Crippen LogP contribution is 2.41. The molecule has 0 bridgehead atoms. The van der Waals surface area contributed by atoms with Gasteiger partial charge < -0.3 is 9.72 Å². The topological polar surface area (TPSA) is 59.2 Å². The number of esters is 1. The second-order valence-corrected chi connectivity index (χ2v) is 5.97. The van der Waals surface area contributed by atoms with E-state index in [4.69, 9.17) is 4.74 Å². The Labute approximate surface area is 124 Å². The minimum atomic E-state index is -0.295. The standard InChI is InChI=1S/C16H11NO3S/c18-13-8-10(12-6-3-7-21-12)14-15(20-13)9-4-1-2-5-11(9)17-16(14)19/h1-7,10H,8H2,(H,17,19). The van der Waals surface area contributed by atoms with Crippen molar-refractivity contribution in [3.05, 3.63) is 62.6 Å². The highest BCUT2D eigenvalue weighted by Gasteiger charge is 2.33. The van der Waals surface area contributed by atoms with Crippen LogP contribution in [-0.2, 0) is 4.79 Å². The predicted molar refractivity (Wildman–Crippen MR) is 81.0 cm³/mol. The first-order chi connectivity index (χ1) is 10.2. The molecular weight excluding hydrogens is 286 g/mol. The lowest BCUT2D eigenvalue weighted by atomic mass is 9.91. The molecule has 5 heteroatoms. The van der Waals surface area contributed by atoms with Gasteiger partial charge in [0, 0.05) is 16.2 Å². The number of carbonyl (C=O) groups excluding carboxylic acids is 1. The van der Waals surface area contributed by atoms with Crippen molar-refractivity contribution in [2.75, 3.05) is 0 Å². The maximum atomic E-state index is 12.4. The van der Waals surface area contributed by atoms with Crippen LogP contribution in [0, 0.1) is 0 Å². The van der Waals surface area contributed by atoms with Crippen LogP contribution in [0.1, 0.15) is 22.8 Å². The summed E-state index contributed by atoms with van der Waals surface area (Å²) in [5, 5.41) is 2.71. The summed E-state index contributed by atoms with van der Waals surface area (Å²) < 4.78 is 5.40. The molecule has 0 saturated carbocycles. The van der Waals surface area contributed by atoms with Gasteiger partial charge in [-0.05, 0) is 23.6 Å². The van der Waals surface area contributed by atoms with Crippen LogP contribution in [-0.4, -0.2) is 11.0 Å². The van der Waals surface area contributed by atoms with Crippen molar-refractivity contribution in [3.63, 3.8) is 0 Å². The zero-order valence-electron chi connectivity index (χ0n) is 11.0. The average Bonchev–Trinajstić information content (AvgIpc) is 3.00. The first-order valence-electron chi connectivity index (χ1n) is 6.63. The third-order valence-electron chi connectivity index (χ3n) is 3.73. The minimum Gasteiger partial charge on any atom is -0.425 e. The van der Waals surface area contributed by atoms with Gasteiger partial charge in [-0.3, -0.25) is 9.59 Å². The van der Waals surface area contributed by atoms with E-state index >= 15 is 0 Å². The number of thiophene rings is 1. The fourth-order valence-electron chi connectivity index (χ4n) is 2.81. The van der Waals surface area contributed by atoms with Crippen LogP contribution < -0.4 is 10.3 Å². The Morgan fingerprint density at radius 2 is 2.00 bits per heavy atom. The number of benzene rings is 1. The summed E-state index contributed by atoms with van der Waals surface area (Å²) in [6.07, 6.45) is 0.203.